The van der Waals surface area contributed by atoms with E-state index >= 15 is 0 Å². The molecule has 0 saturated carbocycles. The lowest BCUT2D eigenvalue weighted by atomic mass is 10.3. The van der Waals surface area contributed by atoms with Gasteiger partial charge in [-0.3, -0.25) is 0 Å². The van der Waals surface area contributed by atoms with Crippen LogP contribution < -0.4 is 0 Å². The van der Waals surface area contributed by atoms with Crippen LogP contribution >= 0.6 is 0 Å². The fourth-order valence-electron chi connectivity index (χ4n) is 0.450. The van der Waals surface area contributed by atoms with Crippen LogP contribution in [0.3, 0.4) is 0 Å². The average Bonchev–Trinajstić information content (AvgIpc) is 2.13. The Balaban J connectivity index is 2.88. The number of carbonyl (C=O) groups excluding carboxylic acids is 2. The van der Waals surface area contributed by atoms with Crippen molar-refractivity contribution in [3.05, 3.63) is 0 Å². The van der Waals surface area contributed by atoms with Crippen molar-refractivity contribution in [2.45, 2.75) is 6.92 Å². The minimum atomic E-state index is -0.595. The van der Waals surface area contributed by atoms with E-state index in [-0.39, 0.29) is 11.5 Å². The fraction of sp³-hybridized carbons (Fsp3) is 0.200. The van der Waals surface area contributed by atoms with Crippen LogP contribution in [-0.2, 0) is 9.59 Å². The van der Waals surface area contributed by atoms with Gasteiger partial charge in [0, 0.05) is 12.1 Å². The highest BCUT2D eigenvalue weighted by molar-refractivity contribution is 6.67. The van der Waals surface area contributed by atoms with Gasteiger partial charge in [-0.2, -0.15) is 0 Å². The van der Waals surface area contributed by atoms with E-state index in [0.29, 0.717) is 0 Å². The van der Waals surface area contributed by atoms with Crippen molar-refractivity contribution < 1.29 is 9.59 Å². The first-order valence-corrected chi connectivity index (χ1v) is 2.30. The third-order valence-corrected chi connectivity index (χ3v) is 0.849. The van der Waals surface area contributed by atoms with Crippen LogP contribution in [-0.4, -0.2) is 23.7 Å². The smallest absolute Gasteiger partial charge is 0.139 e. The summed E-state index contributed by atoms with van der Waals surface area (Å²) in [5.74, 6) is -0.962. The number of amides is 1. The molecule has 0 aromatic heterocycles. The van der Waals surface area contributed by atoms with Gasteiger partial charge in [-0.25, -0.2) is 0 Å². The first-order valence-electron chi connectivity index (χ1n) is 2.30. The SMILES string of the molecule is CC(=O)C1=N[C-]=NC1=O. The van der Waals surface area contributed by atoms with Crippen molar-refractivity contribution in [3.63, 3.8) is 0 Å². The Labute approximate surface area is 51.3 Å². The molecule has 0 aliphatic carbocycles. The molecular formula is C5H3N2O2-. The fourth-order valence-corrected chi connectivity index (χ4v) is 0.450. The number of ketones is 1. The van der Waals surface area contributed by atoms with Crippen LogP contribution in [0, 0.1) is 0 Å². The maximum Gasteiger partial charge on any atom is 0.139 e. The van der Waals surface area contributed by atoms with Crippen molar-refractivity contribution in [2.24, 2.45) is 9.98 Å². The molecule has 0 bridgehead atoms. The summed E-state index contributed by atoms with van der Waals surface area (Å²) in [5.41, 5.74) is -0.130. The van der Waals surface area contributed by atoms with Gasteiger partial charge in [0.05, 0.1) is 0 Å². The third-order valence-electron chi connectivity index (χ3n) is 0.849. The number of aliphatic imine (C=N–C) groups is 2. The molecule has 0 unspecified atom stereocenters. The molecule has 4 nitrogen and oxygen atoms in total. The van der Waals surface area contributed by atoms with E-state index in [2.05, 4.69) is 9.98 Å². The zero-order chi connectivity index (χ0) is 6.85. The Morgan fingerprint density at radius 1 is 1.67 bits per heavy atom. The second-order valence-electron chi connectivity index (χ2n) is 1.53. The predicted octanol–water partition coefficient (Wildman–Crippen LogP) is -0.538. The van der Waals surface area contributed by atoms with E-state index in [4.69, 9.17) is 0 Å². The molecule has 1 aliphatic heterocycles. The van der Waals surface area contributed by atoms with Crippen molar-refractivity contribution in [1.29, 1.82) is 0 Å². The molecule has 4 heteroatoms. The van der Waals surface area contributed by atoms with Gasteiger partial charge in [-0.1, -0.05) is 0 Å². The molecule has 0 fully saturated rings. The van der Waals surface area contributed by atoms with Crippen molar-refractivity contribution >= 4 is 23.7 Å². The molecule has 0 N–H and O–H groups in total. The van der Waals surface area contributed by atoms with Gasteiger partial charge in [0.15, 0.2) is 0 Å². The minimum Gasteiger partial charge on any atom is -0.370 e. The first kappa shape index (κ1) is 5.81. The monoisotopic (exact) mass is 123 g/mol. The average molecular weight is 123 g/mol. The summed E-state index contributed by atoms with van der Waals surface area (Å²) in [6, 6.07) is 0. The minimum absolute atomic E-state index is 0.130. The van der Waals surface area contributed by atoms with E-state index in [1.807, 2.05) is 6.34 Å². The maximum atomic E-state index is 10.4. The van der Waals surface area contributed by atoms with E-state index in [1.165, 1.54) is 6.92 Å². The molecule has 0 spiro atoms. The van der Waals surface area contributed by atoms with Gasteiger partial charge in [0.2, 0.25) is 0 Å². The highest BCUT2D eigenvalue weighted by Crippen LogP contribution is 1.91. The standard InChI is InChI=1S/C5H3N2O2/c1-3(8)4-5(9)7-2-6-4/h1H3/q-1. The molecular weight excluding hydrogens is 120 g/mol. The summed E-state index contributed by atoms with van der Waals surface area (Å²) < 4.78 is 0. The highest BCUT2D eigenvalue weighted by atomic mass is 16.2. The van der Waals surface area contributed by atoms with E-state index in [9.17, 15) is 9.59 Å². The molecule has 1 rings (SSSR count). The van der Waals surface area contributed by atoms with Crippen molar-refractivity contribution in [1.82, 2.24) is 0 Å². The summed E-state index contributed by atoms with van der Waals surface area (Å²) in [6.07, 6.45) is 2.05. The van der Waals surface area contributed by atoms with Crippen LogP contribution in [0.25, 0.3) is 0 Å². The van der Waals surface area contributed by atoms with Gasteiger partial charge in [0.25, 0.3) is 0 Å². The van der Waals surface area contributed by atoms with E-state index < -0.39 is 5.91 Å². The molecule has 1 aliphatic rings. The topological polar surface area (TPSA) is 58.9 Å². The molecule has 0 aromatic carbocycles. The molecule has 9 heavy (non-hydrogen) atoms. The zero-order valence-electron chi connectivity index (χ0n) is 4.71. The number of carbonyl (C=O) groups is 2. The normalized spacial score (nSPS) is 16.1. The van der Waals surface area contributed by atoms with Crippen LogP contribution in [0.5, 0.6) is 0 Å². The second kappa shape index (κ2) is 1.89. The molecule has 0 aromatic rings. The van der Waals surface area contributed by atoms with Gasteiger partial charge in [0.1, 0.15) is 11.7 Å². The number of nitrogens with zero attached hydrogens (tertiary/aromatic N) is 2. The van der Waals surface area contributed by atoms with Crippen molar-refractivity contribution in [2.75, 3.05) is 0 Å². The Morgan fingerprint density at radius 2 is 2.33 bits per heavy atom. The molecule has 0 radical (unpaired) electrons. The molecule has 46 valence electrons. The predicted molar refractivity (Wildman–Crippen MR) is 30.6 cm³/mol. The maximum absolute atomic E-state index is 10.4. The number of Topliss-reactive ketones (excluding diaryl/α,β-unsaturated/α-hetero) is 1. The summed E-state index contributed by atoms with van der Waals surface area (Å²) in [4.78, 5) is 27.3. The molecule has 0 saturated heterocycles. The quantitative estimate of drug-likeness (QED) is 0.440. The Hall–Kier alpha value is -1.32. The van der Waals surface area contributed by atoms with Gasteiger partial charge in [-0.15, -0.1) is 0 Å². The number of hydrogen-bond acceptors (Lipinski definition) is 3. The molecule has 1 heterocycles. The van der Waals surface area contributed by atoms with E-state index in [1.54, 1.807) is 0 Å². The second-order valence-corrected chi connectivity index (χ2v) is 1.53. The molecule has 0 atom stereocenters. The van der Waals surface area contributed by atoms with Crippen LogP contribution in [0.4, 0.5) is 0 Å². The molecule has 1 amide bonds. The van der Waals surface area contributed by atoms with Gasteiger partial charge in [-0.05, 0) is 6.92 Å². The lowest BCUT2D eigenvalue weighted by Crippen LogP contribution is -2.16. The lowest BCUT2D eigenvalue weighted by Gasteiger charge is -1.96. The van der Waals surface area contributed by atoms with Crippen LogP contribution in [0.2, 0.25) is 0 Å². The Morgan fingerprint density at radius 3 is 2.56 bits per heavy atom. The number of rotatable bonds is 1. The summed E-state index contributed by atoms with van der Waals surface area (Å²) in [6.45, 7) is 1.26. The van der Waals surface area contributed by atoms with Gasteiger partial charge >= 0.3 is 0 Å². The zero-order valence-corrected chi connectivity index (χ0v) is 4.71. The Kier molecular flexibility index (Phi) is 1.22. The highest BCUT2D eigenvalue weighted by Gasteiger charge is 2.04. The van der Waals surface area contributed by atoms with Crippen LogP contribution in [0.15, 0.2) is 9.98 Å². The summed E-state index contributed by atoms with van der Waals surface area (Å²) in [7, 11) is 0. The summed E-state index contributed by atoms with van der Waals surface area (Å²) >= 11 is 0. The first-order chi connectivity index (χ1) is 4.22. The number of hydrogen-bond donors (Lipinski definition) is 0. The van der Waals surface area contributed by atoms with Crippen LogP contribution in [0.1, 0.15) is 6.92 Å². The largest absolute Gasteiger partial charge is 0.370 e. The third kappa shape index (κ3) is 0.910. The Bertz CT molecular complexity index is 227. The van der Waals surface area contributed by atoms with Crippen molar-refractivity contribution in [3.8, 4) is 0 Å². The van der Waals surface area contributed by atoms with Gasteiger partial charge < -0.3 is 19.6 Å². The lowest BCUT2D eigenvalue weighted by molar-refractivity contribution is -0.115. The summed E-state index contributed by atoms with van der Waals surface area (Å²) in [5, 5.41) is 0. The van der Waals surface area contributed by atoms with E-state index in [0.717, 1.165) is 0 Å².